The summed E-state index contributed by atoms with van der Waals surface area (Å²) in [6, 6.07) is 2.12. The maximum absolute atomic E-state index is 12.7. The molecule has 6 heteroatoms. The zero-order valence-corrected chi connectivity index (χ0v) is 14.3. The minimum Gasteiger partial charge on any atom is -0.351 e. The molecule has 4 fully saturated rings. The van der Waals surface area contributed by atoms with E-state index >= 15 is 0 Å². The molecule has 0 aromatic carbocycles. The molecule has 0 unspecified atom stereocenters. The summed E-state index contributed by atoms with van der Waals surface area (Å²) in [4.78, 5) is 16.0. The lowest BCUT2D eigenvalue weighted by atomic mass is 9.49. The Labute approximate surface area is 145 Å². The van der Waals surface area contributed by atoms with Crippen molar-refractivity contribution in [2.24, 2.45) is 23.2 Å². The first kappa shape index (κ1) is 16.9. The maximum Gasteiger partial charge on any atom is 0.433 e. The van der Waals surface area contributed by atoms with E-state index in [1.54, 1.807) is 0 Å². The number of pyridine rings is 1. The van der Waals surface area contributed by atoms with Crippen LogP contribution < -0.4 is 5.32 Å². The molecule has 4 saturated carbocycles. The summed E-state index contributed by atoms with van der Waals surface area (Å²) in [6.07, 6.45) is 3.09. The second kappa shape index (κ2) is 5.71. The monoisotopic (exact) mass is 352 g/mol. The molecule has 136 valence electrons. The van der Waals surface area contributed by atoms with Crippen molar-refractivity contribution in [2.75, 3.05) is 6.54 Å². The maximum atomic E-state index is 12.7. The molecular formula is C19H23F3N2O. The van der Waals surface area contributed by atoms with E-state index in [0.29, 0.717) is 6.54 Å². The van der Waals surface area contributed by atoms with Crippen molar-refractivity contribution in [2.45, 2.75) is 51.6 Å². The zero-order chi connectivity index (χ0) is 17.8. The van der Waals surface area contributed by atoms with Gasteiger partial charge in [-0.2, -0.15) is 13.2 Å². The summed E-state index contributed by atoms with van der Waals surface area (Å²) in [7, 11) is 0. The van der Waals surface area contributed by atoms with Crippen molar-refractivity contribution in [3.05, 3.63) is 29.1 Å². The number of aromatic nitrogens is 1. The number of nitrogens with zero attached hydrogens (tertiary/aromatic N) is 1. The third-order valence-corrected chi connectivity index (χ3v) is 6.41. The van der Waals surface area contributed by atoms with Crippen LogP contribution >= 0.6 is 0 Å². The van der Waals surface area contributed by atoms with Crippen molar-refractivity contribution in [3.8, 4) is 0 Å². The first-order valence-corrected chi connectivity index (χ1v) is 9.07. The lowest BCUT2D eigenvalue weighted by Crippen LogP contribution is -2.51. The Hall–Kier alpha value is -1.59. The van der Waals surface area contributed by atoms with Crippen molar-refractivity contribution >= 4 is 5.91 Å². The average Bonchev–Trinajstić information content (AvgIpc) is 2.50. The molecule has 1 heterocycles. The molecular weight excluding hydrogens is 329 g/mol. The van der Waals surface area contributed by atoms with E-state index in [4.69, 9.17) is 0 Å². The van der Waals surface area contributed by atoms with Gasteiger partial charge in [0.2, 0.25) is 0 Å². The molecule has 25 heavy (non-hydrogen) atoms. The zero-order valence-electron chi connectivity index (χ0n) is 14.3. The number of amides is 1. The first-order chi connectivity index (χ1) is 11.7. The van der Waals surface area contributed by atoms with Crippen molar-refractivity contribution in [3.63, 3.8) is 0 Å². The molecule has 1 aromatic heterocycles. The molecule has 1 aromatic rings. The van der Waals surface area contributed by atoms with Gasteiger partial charge in [-0.1, -0.05) is 0 Å². The van der Waals surface area contributed by atoms with Crippen molar-refractivity contribution in [1.29, 1.82) is 0 Å². The van der Waals surface area contributed by atoms with Gasteiger partial charge < -0.3 is 5.32 Å². The molecule has 0 aliphatic heterocycles. The van der Waals surface area contributed by atoms with Crippen LogP contribution in [-0.4, -0.2) is 17.4 Å². The number of carbonyl (C=O) groups excluding carboxylic acids is 1. The Kier molecular flexibility index (Phi) is 3.85. The fourth-order valence-corrected chi connectivity index (χ4v) is 5.83. The summed E-state index contributed by atoms with van der Waals surface area (Å²) in [5, 5.41) is 2.99. The quantitative estimate of drug-likeness (QED) is 0.878. The standard InChI is InChI=1S/C19H23F3N2O/c1-11-15(2-3-16(24-11)19(20,21)22)17(25)23-10-18-7-12-4-13(8-18)6-14(5-12)9-18/h2-3,12-14H,4-10H2,1H3,(H,23,25). The molecule has 1 amide bonds. The number of carbonyl (C=O) groups is 1. The highest BCUT2D eigenvalue weighted by Crippen LogP contribution is 2.59. The van der Waals surface area contributed by atoms with Gasteiger partial charge in [-0.15, -0.1) is 0 Å². The van der Waals surface area contributed by atoms with Gasteiger partial charge in [-0.25, -0.2) is 4.98 Å². The van der Waals surface area contributed by atoms with Crippen LogP contribution in [0.1, 0.15) is 60.3 Å². The van der Waals surface area contributed by atoms with Gasteiger partial charge in [0.05, 0.1) is 11.3 Å². The topological polar surface area (TPSA) is 42.0 Å². The largest absolute Gasteiger partial charge is 0.433 e. The van der Waals surface area contributed by atoms with E-state index < -0.39 is 11.9 Å². The third kappa shape index (κ3) is 3.15. The van der Waals surface area contributed by atoms with Crippen molar-refractivity contribution < 1.29 is 18.0 Å². The van der Waals surface area contributed by atoms with Gasteiger partial charge >= 0.3 is 6.18 Å². The number of halogens is 3. The predicted octanol–water partition coefficient (Wildman–Crippen LogP) is 4.36. The second-order valence-corrected chi connectivity index (χ2v) is 8.43. The van der Waals surface area contributed by atoms with Gasteiger partial charge in [-0.3, -0.25) is 4.79 Å². The molecule has 4 bridgehead atoms. The summed E-state index contributed by atoms with van der Waals surface area (Å²) >= 11 is 0. The van der Waals surface area contributed by atoms with Crippen LogP contribution in [-0.2, 0) is 6.18 Å². The van der Waals surface area contributed by atoms with Gasteiger partial charge in [0.15, 0.2) is 0 Å². The second-order valence-electron chi connectivity index (χ2n) is 8.43. The molecule has 5 rings (SSSR count). The Morgan fingerprint density at radius 1 is 1.16 bits per heavy atom. The van der Waals surface area contributed by atoms with Gasteiger partial charge in [0, 0.05) is 6.54 Å². The minimum absolute atomic E-state index is 0.123. The number of nitrogens with one attached hydrogen (secondary N) is 1. The van der Waals surface area contributed by atoms with Crippen LogP contribution in [0.2, 0.25) is 0 Å². The summed E-state index contributed by atoms with van der Waals surface area (Å²) in [5.41, 5.74) is -0.393. The van der Waals surface area contributed by atoms with Gasteiger partial charge in [0.1, 0.15) is 5.69 Å². The number of alkyl halides is 3. The lowest BCUT2D eigenvalue weighted by Gasteiger charge is -2.56. The highest BCUT2D eigenvalue weighted by atomic mass is 19.4. The van der Waals surface area contributed by atoms with E-state index in [1.165, 1.54) is 51.5 Å². The van der Waals surface area contributed by atoms with Crippen LogP contribution in [0.4, 0.5) is 13.2 Å². The minimum atomic E-state index is -4.49. The van der Waals surface area contributed by atoms with Gasteiger partial charge in [0.25, 0.3) is 5.91 Å². The summed E-state index contributed by atoms with van der Waals surface area (Å²) in [5.74, 6) is 2.10. The van der Waals surface area contributed by atoms with Crippen LogP contribution in [0.15, 0.2) is 12.1 Å². The molecule has 0 saturated heterocycles. The molecule has 1 N–H and O–H groups in total. The summed E-state index contributed by atoms with van der Waals surface area (Å²) in [6.45, 7) is 2.09. The van der Waals surface area contributed by atoms with E-state index in [1.807, 2.05) is 0 Å². The number of rotatable bonds is 3. The first-order valence-electron chi connectivity index (χ1n) is 9.07. The molecule has 0 spiro atoms. The highest BCUT2D eigenvalue weighted by Gasteiger charge is 2.50. The number of hydrogen-bond donors (Lipinski definition) is 1. The van der Waals surface area contributed by atoms with Crippen molar-refractivity contribution in [1.82, 2.24) is 10.3 Å². The smallest absolute Gasteiger partial charge is 0.351 e. The SMILES string of the molecule is Cc1nc(C(F)(F)F)ccc1C(=O)NCC12CC3CC(CC(C3)C1)C2. The van der Waals surface area contributed by atoms with Gasteiger partial charge in [-0.05, 0) is 80.8 Å². The normalized spacial score (nSPS) is 33.5. The molecule has 4 aliphatic rings. The van der Waals surface area contributed by atoms with Crippen LogP contribution in [0.25, 0.3) is 0 Å². The molecule has 0 radical (unpaired) electrons. The fourth-order valence-electron chi connectivity index (χ4n) is 5.83. The Morgan fingerprint density at radius 3 is 2.20 bits per heavy atom. The van der Waals surface area contributed by atoms with E-state index in [9.17, 15) is 18.0 Å². The van der Waals surface area contributed by atoms with Crippen LogP contribution in [0.3, 0.4) is 0 Å². The molecule has 4 aliphatic carbocycles. The Bertz CT molecular complexity index is 663. The lowest BCUT2D eigenvalue weighted by molar-refractivity contribution is -0.141. The average molecular weight is 352 g/mol. The van der Waals surface area contributed by atoms with E-state index in [0.717, 1.165) is 23.8 Å². The molecule has 0 atom stereocenters. The number of aryl methyl sites for hydroxylation is 1. The molecule has 3 nitrogen and oxygen atoms in total. The highest BCUT2D eigenvalue weighted by molar-refractivity contribution is 5.95. The van der Waals surface area contributed by atoms with E-state index in [-0.39, 0.29) is 22.6 Å². The third-order valence-electron chi connectivity index (χ3n) is 6.41. The van der Waals surface area contributed by atoms with Crippen LogP contribution in [0.5, 0.6) is 0 Å². The van der Waals surface area contributed by atoms with E-state index in [2.05, 4.69) is 10.3 Å². The Morgan fingerprint density at radius 2 is 1.72 bits per heavy atom. The Balaban J connectivity index is 1.44. The number of hydrogen-bond acceptors (Lipinski definition) is 2. The summed E-state index contributed by atoms with van der Waals surface area (Å²) < 4.78 is 38.1. The van der Waals surface area contributed by atoms with Crippen LogP contribution in [0, 0.1) is 30.1 Å². The fraction of sp³-hybridized carbons (Fsp3) is 0.684. The predicted molar refractivity (Wildman–Crippen MR) is 86.9 cm³/mol.